The fourth-order valence-corrected chi connectivity index (χ4v) is 4.14. The van der Waals surface area contributed by atoms with Crippen molar-refractivity contribution in [2.24, 2.45) is 0 Å². The van der Waals surface area contributed by atoms with E-state index in [2.05, 4.69) is 23.6 Å². The number of rotatable bonds is 4. The maximum atomic E-state index is 11.2. The molecule has 0 radical (unpaired) electrons. The van der Waals surface area contributed by atoms with E-state index in [-0.39, 0.29) is 4.90 Å². The van der Waals surface area contributed by atoms with Gasteiger partial charge < -0.3 is 4.90 Å². The van der Waals surface area contributed by atoms with Crippen LogP contribution in [0.5, 0.6) is 0 Å². The van der Waals surface area contributed by atoms with Crippen LogP contribution in [0.3, 0.4) is 0 Å². The third kappa shape index (κ3) is 3.93. The largest absolute Gasteiger partial charge is 0.351 e. The second kappa shape index (κ2) is 7.15. The second-order valence-electron chi connectivity index (χ2n) is 6.01. The van der Waals surface area contributed by atoms with Crippen LogP contribution in [0.4, 0.5) is 5.69 Å². The summed E-state index contributed by atoms with van der Waals surface area (Å²) < 4.78 is 31.6. The second-order valence-corrected chi connectivity index (χ2v) is 8.60. The summed E-state index contributed by atoms with van der Waals surface area (Å²) in [5, 5.41) is 0. The summed E-state index contributed by atoms with van der Waals surface area (Å²) in [6.07, 6.45) is 6.07. The summed E-state index contributed by atoms with van der Waals surface area (Å²) in [7, 11) is -2.18. The molecule has 26 heavy (non-hydrogen) atoms. The summed E-state index contributed by atoms with van der Waals surface area (Å²) in [5.74, 6) is 0. The molecule has 0 saturated carbocycles. The van der Waals surface area contributed by atoms with Gasteiger partial charge in [-0.15, -0.1) is 0 Å². The van der Waals surface area contributed by atoms with Crippen LogP contribution in [0.15, 0.2) is 82.1 Å². The predicted molar refractivity (Wildman–Crippen MR) is 108 cm³/mol. The number of para-hydroxylation sites is 1. The van der Waals surface area contributed by atoms with Crippen LogP contribution in [-0.2, 0) is 10.1 Å². The number of nitrogens with zero attached hydrogens (tertiary/aromatic N) is 1. The molecule has 0 bridgehead atoms. The van der Waals surface area contributed by atoms with E-state index >= 15 is 0 Å². The fourth-order valence-electron chi connectivity index (χ4n) is 2.75. The van der Waals surface area contributed by atoms with Crippen molar-refractivity contribution < 1.29 is 13.0 Å². The summed E-state index contributed by atoms with van der Waals surface area (Å²) in [4.78, 5) is 3.70. The minimum atomic E-state index is -4.19. The minimum absolute atomic E-state index is 0.101. The minimum Gasteiger partial charge on any atom is -0.351 e. The Balaban J connectivity index is 1.86. The van der Waals surface area contributed by atoms with Gasteiger partial charge >= 0.3 is 0 Å². The zero-order valence-electron chi connectivity index (χ0n) is 14.5. The SMILES string of the molecule is C=C(/C=C1\C=CN(C)c2ccccc21)Sc1ccc(S(=O)(=O)O)cc1C. The van der Waals surface area contributed by atoms with E-state index < -0.39 is 10.1 Å². The van der Waals surface area contributed by atoms with Crippen molar-refractivity contribution in [1.82, 2.24) is 0 Å². The van der Waals surface area contributed by atoms with Crippen molar-refractivity contribution in [1.29, 1.82) is 0 Å². The van der Waals surface area contributed by atoms with Gasteiger partial charge in [0, 0.05) is 34.3 Å². The van der Waals surface area contributed by atoms with Gasteiger partial charge in [-0.1, -0.05) is 36.5 Å². The van der Waals surface area contributed by atoms with E-state index in [1.807, 2.05) is 44.5 Å². The molecule has 0 aromatic heterocycles. The highest BCUT2D eigenvalue weighted by atomic mass is 32.2. The molecule has 6 heteroatoms. The van der Waals surface area contributed by atoms with Crippen LogP contribution in [-0.4, -0.2) is 20.0 Å². The lowest BCUT2D eigenvalue weighted by atomic mass is 10.00. The lowest BCUT2D eigenvalue weighted by Crippen LogP contribution is -2.13. The molecule has 0 saturated heterocycles. The Morgan fingerprint density at radius 3 is 2.65 bits per heavy atom. The Hall–Kier alpha value is -2.28. The van der Waals surface area contributed by atoms with Crippen molar-refractivity contribution in [2.75, 3.05) is 11.9 Å². The Morgan fingerprint density at radius 2 is 1.96 bits per heavy atom. The highest BCUT2D eigenvalue weighted by molar-refractivity contribution is 8.03. The zero-order valence-corrected chi connectivity index (χ0v) is 16.1. The van der Waals surface area contributed by atoms with Crippen LogP contribution in [0, 0.1) is 6.92 Å². The third-order valence-electron chi connectivity index (χ3n) is 4.07. The molecule has 0 aliphatic carbocycles. The third-order valence-corrected chi connectivity index (χ3v) is 5.98. The topological polar surface area (TPSA) is 57.6 Å². The van der Waals surface area contributed by atoms with Crippen LogP contribution in [0.2, 0.25) is 0 Å². The van der Waals surface area contributed by atoms with E-state index in [9.17, 15) is 8.42 Å². The number of benzene rings is 2. The summed E-state index contributed by atoms with van der Waals surface area (Å²) in [5.41, 5.74) is 4.11. The summed E-state index contributed by atoms with van der Waals surface area (Å²) in [6, 6.07) is 12.7. The van der Waals surface area contributed by atoms with E-state index in [0.29, 0.717) is 0 Å². The van der Waals surface area contributed by atoms with Crippen LogP contribution < -0.4 is 4.90 Å². The van der Waals surface area contributed by atoms with E-state index in [0.717, 1.165) is 32.2 Å². The number of fused-ring (bicyclic) bond motifs is 1. The smallest absolute Gasteiger partial charge is 0.294 e. The van der Waals surface area contributed by atoms with Crippen molar-refractivity contribution in [2.45, 2.75) is 16.7 Å². The molecule has 2 aromatic carbocycles. The molecule has 4 nitrogen and oxygen atoms in total. The number of hydrogen-bond donors (Lipinski definition) is 1. The number of aryl methyl sites for hydroxylation is 1. The van der Waals surface area contributed by atoms with Crippen molar-refractivity contribution in [3.63, 3.8) is 0 Å². The summed E-state index contributed by atoms with van der Waals surface area (Å²) >= 11 is 1.46. The molecule has 1 heterocycles. The first-order valence-electron chi connectivity index (χ1n) is 7.93. The quantitative estimate of drug-likeness (QED) is 0.599. The van der Waals surface area contributed by atoms with E-state index in [1.54, 1.807) is 6.07 Å². The van der Waals surface area contributed by atoms with Crippen molar-refractivity contribution >= 4 is 33.1 Å². The molecule has 2 aromatic rings. The molecule has 1 aliphatic rings. The van der Waals surface area contributed by atoms with Gasteiger partial charge in [-0.3, -0.25) is 4.55 Å². The van der Waals surface area contributed by atoms with Gasteiger partial charge in [0.15, 0.2) is 0 Å². The van der Waals surface area contributed by atoms with E-state index in [1.165, 1.54) is 23.9 Å². The molecular formula is C20H19NO3S2. The Kier molecular flexibility index (Phi) is 5.09. The zero-order chi connectivity index (χ0) is 18.9. The van der Waals surface area contributed by atoms with Gasteiger partial charge in [-0.05, 0) is 54.5 Å². The van der Waals surface area contributed by atoms with Gasteiger partial charge in [-0.2, -0.15) is 8.42 Å². The van der Waals surface area contributed by atoms with Crippen LogP contribution in [0.25, 0.3) is 5.57 Å². The average molecular weight is 386 g/mol. The van der Waals surface area contributed by atoms with Crippen LogP contribution in [0.1, 0.15) is 11.1 Å². The van der Waals surface area contributed by atoms with E-state index in [4.69, 9.17) is 4.55 Å². The molecule has 134 valence electrons. The van der Waals surface area contributed by atoms with Crippen LogP contribution >= 0.6 is 11.8 Å². The lowest BCUT2D eigenvalue weighted by Gasteiger charge is -2.23. The molecule has 0 amide bonds. The van der Waals surface area contributed by atoms with Gasteiger partial charge in [0.1, 0.15) is 0 Å². The standard InChI is InChI=1S/C20H19NO3S2/c1-14-12-17(26(22,23)24)8-9-20(14)25-15(2)13-16-10-11-21(3)19-7-5-4-6-18(16)19/h4-13H,2H2,1,3H3,(H,22,23,24)/b16-13+. The van der Waals surface area contributed by atoms with Crippen molar-refractivity contribution in [3.8, 4) is 0 Å². The Morgan fingerprint density at radius 1 is 1.23 bits per heavy atom. The Bertz CT molecular complexity index is 1040. The molecule has 0 spiro atoms. The average Bonchev–Trinajstić information content (AvgIpc) is 2.58. The molecule has 1 aliphatic heterocycles. The first kappa shape index (κ1) is 18.5. The first-order valence-corrected chi connectivity index (χ1v) is 10.2. The number of anilines is 1. The maximum Gasteiger partial charge on any atom is 0.294 e. The Labute approximate surface area is 158 Å². The normalized spacial score (nSPS) is 15.2. The van der Waals surface area contributed by atoms with Gasteiger partial charge in [0.05, 0.1) is 4.90 Å². The first-order chi connectivity index (χ1) is 12.3. The molecule has 1 N–H and O–H groups in total. The van der Waals surface area contributed by atoms with Crippen molar-refractivity contribution in [3.05, 3.63) is 83.4 Å². The molecular weight excluding hydrogens is 366 g/mol. The van der Waals surface area contributed by atoms with Gasteiger partial charge in [-0.25, -0.2) is 0 Å². The number of hydrogen-bond acceptors (Lipinski definition) is 4. The van der Waals surface area contributed by atoms with Gasteiger partial charge in [0.2, 0.25) is 0 Å². The molecule has 0 fully saturated rings. The fraction of sp³-hybridized carbons (Fsp3) is 0.100. The number of thioether (sulfide) groups is 1. The maximum absolute atomic E-state index is 11.2. The summed E-state index contributed by atoms with van der Waals surface area (Å²) in [6.45, 7) is 5.93. The monoisotopic (exact) mass is 385 g/mol. The predicted octanol–water partition coefficient (Wildman–Crippen LogP) is 4.89. The molecule has 0 unspecified atom stereocenters. The number of allylic oxidation sites excluding steroid dienone is 3. The highest BCUT2D eigenvalue weighted by Gasteiger charge is 2.14. The van der Waals surface area contributed by atoms with Gasteiger partial charge in [0.25, 0.3) is 10.1 Å². The lowest BCUT2D eigenvalue weighted by molar-refractivity contribution is 0.483. The molecule has 3 rings (SSSR count). The highest BCUT2D eigenvalue weighted by Crippen LogP contribution is 2.36. The molecule has 0 atom stereocenters.